The molecular formula is C42H50O6. The number of hydrogen-bond acceptors (Lipinski definition) is 6. The zero-order valence-corrected chi connectivity index (χ0v) is 28.2. The molecule has 0 aliphatic carbocycles. The van der Waals surface area contributed by atoms with E-state index in [1.165, 1.54) is 7.11 Å². The maximum atomic E-state index is 13.7. The van der Waals surface area contributed by atoms with Crippen LogP contribution in [0.15, 0.2) is 121 Å². The van der Waals surface area contributed by atoms with Crippen LogP contribution >= 0.6 is 0 Å². The molecule has 48 heavy (non-hydrogen) atoms. The Labute approximate surface area is 286 Å². The van der Waals surface area contributed by atoms with Gasteiger partial charge in [-0.25, -0.2) is 0 Å². The van der Waals surface area contributed by atoms with E-state index in [0.29, 0.717) is 12.8 Å². The number of unbranched alkanes of at least 4 members (excludes halogenated alkanes) is 7. The van der Waals surface area contributed by atoms with Crippen LogP contribution in [0.5, 0.6) is 0 Å². The highest BCUT2D eigenvalue weighted by molar-refractivity contribution is 5.73. The van der Waals surface area contributed by atoms with E-state index in [9.17, 15) is 14.7 Å². The van der Waals surface area contributed by atoms with Crippen molar-refractivity contribution in [3.63, 3.8) is 0 Å². The Morgan fingerprint density at radius 3 is 1.54 bits per heavy atom. The molecule has 6 heteroatoms. The zero-order valence-electron chi connectivity index (χ0n) is 28.2. The summed E-state index contributed by atoms with van der Waals surface area (Å²) in [6.07, 6.45) is 8.06. The van der Waals surface area contributed by atoms with Crippen LogP contribution in [0.1, 0.15) is 86.5 Å². The molecule has 0 saturated heterocycles. The van der Waals surface area contributed by atoms with Gasteiger partial charge in [0.15, 0.2) is 0 Å². The molecule has 0 spiro atoms. The standard InChI is InChI=1S/C42H50O6/c1-46-40(44)31-21-7-5-3-2-4-6-20-30-39(43)38(41(45)47-32-34-22-12-8-13-23-34)33-48-42(35-24-14-9-15-25-35,36-26-16-10-17-27-36)37-28-18-11-19-29-37/h8-19,22-29,38-39,43H,2-7,20-21,30-33H2,1H3/t38-,39+/m1/s1. The molecule has 0 aliphatic heterocycles. The van der Waals surface area contributed by atoms with E-state index in [4.69, 9.17) is 14.2 Å². The summed E-state index contributed by atoms with van der Waals surface area (Å²) >= 11 is 0. The van der Waals surface area contributed by atoms with E-state index < -0.39 is 23.6 Å². The fourth-order valence-corrected chi connectivity index (χ4v) is 6.14. The Bertz CT molecular complexity index is 1360. The molecule has 4 rings (SSSR count). The van der Waals surface area contributed by atoms with Crippen molar-refractivity contribution in [2.45, 2.75) is 82.5 Å². The predicted octanol–water partition coefficient (Wildman–Crippen LogP) is 8.79. The van der Waals surface area contributed by atoms with Crippen LogP contribution < -0.4 is 0 Å². The van der Waals surface area contributed by atoms with Gasteiger partial charge < -0.3 is 19.3 Å². The maximum absolute atomic E-state index is 13.7. The lowest BCUT2D eigenvalue weighted by Crippen LogP contribution is -2.40. The first-order chi connectivity index (χ1) is 23.5. The Morgan fingerprint density at radius 1 is 0.625 bits per heavy atom. The van der Waals surface area contributed by atoms with E-state index >= 15 is 0 Å². The average molecular weight is 651 g/mol. The summed E-state index contributed by atoms with van der Waals surface area (Å²) < 4.78 is 17.5. The smallest absolute Gasteiger partial charge is 0.314 e. The van der Waals surface area contributed by atoms with E-state index in [2.05, 4.69) is 0 Å². The van der Waals surface area contributed by atoms with Gasteiger partial charge in [0.2, 0.25) is 0 Å². The van der Waals surface area contributed by atoms with Crippen LogP contribution in [0.25, 0.3) is 0 Å². The van der Waals surface area contributed by atoms with Gasteiger partial charge in [-0.05, 0) is 35.1 Å². The second-order valence-corrected chi connectivity index (χ2v) is 12.3. The van der Waals surface area contributed by atoms with Gasteiger partial charge >= 0.3 is 11.9 Å². The first kappa shape index (κ1) is 36.6. The highest BCUT2D eigenvalue weighted by Crippen LogP contribution is 2.41. The Hall–Kier alpha value is -4.26. The molecule has 0 aromatic heterocycles. The van der Waals surface area contributed by atoms with Gasteiger partial charge in [0.25, 0.3) is 0 Å². The largest absolute Gasteiger partial charge is 0.469 e. The van der Waals surface area contributed by atoms with Gasteiger partial charge in [0.05, 0.1) is 19.8 Å². The van der Waals surface area contributed by atoms with Crippen molar-refractivity contribution in [3.8, 4) is 0 Å². The molecule has 0 radical (unpaired) electrons. The molecule has 254 valence electrons. The Balaban J connectivity index is 1.46. The van der Waals surface area contributed by atoms with Crippen LogP contribution in [0, 0.1) is 5.92 Å². The fraction of sp³-hybridized carbons (Fsp3) is 0.381. The van der Waals surface area contributed by atoms with E-state index in [0.717, 1.165) is 73.6 Å². The number of aliphatic hydroxyl groups excluding tert-OH is 1. The summed E-state index contributed by atoms with van der Waals surface area (Å²) in [5.74, 6) is -1.49. The van der Waals surface area contributed by atoms with Gasteiger partial charge in [0, 0.05) is 6.42 Å². The highest BCUT2D eigenvalue weighted by atomic mass is 16.5. The van der Waals surface area contributed by atoms with E-state index in [-0.39, 0.29) is 19.2 Å². The molecule has 4 aromatic carbocycles. The lowest BCUT2D eigenvalue weighted by molar-refractivity contribution is -0.159. The van der Waals surface area contributed by atoms with Crippen LogP contribution in [0.3, 0.4) is 0 Å². The molecule has 0 fully saturated rings. The lowest BCUT2D eigenvalue weighted by Gasteiger charge is -2.37. The summed E-state index contributed by atoms with van der Waals surface area (Å²) in [4.78, 5) is 25.0. The molecule has 0 unspecified atom stereocenters. The van der Waals surface area contributed by atoms with Gasteiger partial charge in [0.1, 0.15) is 18.1 Å². The summed E-state index contributed by atoms with van der Waals surface area (Å²) in [5.41, 5.74) is 2.66. The summed E-state index contributed by atoms with van der Waals surface area (Å²) in [7, 11) is 1.43. The molecule has 4 aromatic rings. The van der Waals surface area contributed by atoms with Crippen molar-refractivity contribution < 1.29 is 28.9 Å². The van der Waals surface area contributed by atoms with Gasteiger partial charge in [-0.3, -0.25) is 9.59 Å². The number of hydrogen-bond donors (Lipinski definition) is 1. The lowest BCUT2D eigenvalue weighted by atomic mass is 9.80. The van der Waals surface area contributed by atoms with Crippen molar-refractivity contribution in [1.29, 1.82) is 0 Å². The van der Waals surface area contributed by atoms with E-state index in [1.54, 1.807) is 0 Å². The number of benzene rings is 4. The maximum Gasteiger partial charge on any atom is 0.314 e. The number of carbonyl (C=O) groups excluding carboxylic acids is 2. The quantitative estimate of drug-likeness (QED) is 0.0552. The third-order valence-corrected chi connectivity index (χ3v) is 8.87. The number of aliphatic hydroxyl groups is 1. The summed E-state index contributed by atoms with van der Waals surface area (Å²) in [6, 6.07) is 39.7. The minimum Gasteiger partial charge on any atom is -0.469 e. The Morgan fingerprint density at radius 2 is 1.06 bits per heavy atom. The van der Waals surface area contributed by atoms with Gasteiger partial charge in [-0.2, -0.15) is 0 Å². The number of carbonyl (C=O) groups is 2. The van der Waals surface area contributed by atoms with Crippen molar-refractivity contribution in [3.05, 3.63) is 144 Å². The number of methoxy groups -OCH3 is 1. The molecule has 0 bridgehead atoms. The molecule has 0 aliphatic rings. The van der Waals surface area contributed by atoms with Crippen molar-refractivity contribution in [1.82, 2.24) is 0 Å². The second kappa shape index (κ2) is 20.2. The van der Waals surface area contributed by atoms with Crippen LogP contribution in [0.2, 0.25) is 0 Å². The monoisotopic (exact) mass is 650 g/mol. The number of rotatable bonds is 21. The highest BCUT2D eigenvalue weighted by Gasteiger charge is 2.40. The minimum atomic E-state index is -1.02. The van der Waals surface area contributed by atoms with Crippen LogP contribution in [-0.4, -0.2) is 36.9 Å². The SMILES string of the molecule is COC(=O)CCCCCCCCCC[C@H](O)[C@@H](COC(c1ccccc1)(c1ccccc1)c1ccccc1)C(=O)OCc1ccccc1. The Kier molecular flexibility index (Phi) is 15.4. The minimum absolute atomic E-state index is 0.0287. The van der Waals surface area contributed by atoms with Crippen molar-refractivity contribution >= 4 is 11.9 Å². The normalized spacial score (nSPS) is 12.6. The number of esters is 2. The van der Waals surface area contributed by atoms with E-state index in [1.807, 2.05) is 121 Å². The molecule has 0 heterocycles. The molecule has 0 saturated carbocycles. The molecule has 2 atom stereocenters. The first-order valence-corrected chi connectivity index (χ1v) is 17.3. The van der Waals surface area contributed by atoms with Gasteiger partial charge in [-0.1, -0.05) is 166 Å². The number of ether oxygens (including phenoxy) is 3. The fourth-order valence-electron chi connectivity index (χ4n) is 6.14. The van der Waals surface area contributed by atoms with Crippen LogP contribution in [-0.2, 0) is 36.0 Å². The second-order valence-electron chi connectivity index (χ2n) is 12.3. The molecule has 6 nitrogen and oxygen atoms in total. The average Bonchev–Trinajstić information content (AvgIpc) is 3.14. The summed E-state index contributed by atoms with van der Waals surface area (Å²) in [6.45, 7) is 0.1000. The third kappa shape index (κ3) is 10.9. The molecular weight excluding hydrogens is 600 g/mol. The van der Waals surface area contributed by atoms with Crippen LogP contribution in [0.4, 0.5) is 0 Å². The molecule has 0 amide bonds. The topological polar surface area (TPSA) is 82.1 Å². The third-order valence-electron chi connectivity index (χ3n) is 8.87. The van der Waals surface area contributed by atoms with Crippen molar-refractivity contribution in [2.24, 2.45) is 5.92 Å². The van der Waals surface area contributed by atoms with Gasteiger partial charge in [-0.15, -0.1) is 0 Å². The summed E-state index contributed by atoms with van der Waals surface area (Å²) in [5, 5.41) is 11.5. The van der Waals surface area contributed by atoms with Crippen molar-refractivity contribution in [2.75, 3.05) is 13.7 Å². The first-order valence-electron chi connectivity index (χ1n) is 17.3. The predicted molar refractivity (Wildman–Crippen MR) is 189 cm³/mol. The molecule has 1 N–H and O–H groups in total. The zero-order chi connectivity index (χ0) is 33.9.